The number of aliphatic hydroxyl groups is 2. The zero-order valence-corrected chi connectivity index (χ0v) is 25.6. The molecule has 0 aromatic heterocycles. The highest BCUT2D eigenvalue weighted by molar-refractivity contribution is 5.95. The van der Waals surface area contributed by atoms with Crippen LogP contribution in [-0.4, -0.2) is 78.5 Å². The van der Waals surface area contributed by atoms with Crippen LogP contribution in [0.5, 0.6) is 0 Å². The SMILES string of the molecule is O=C(NCc1cccc(C(=O)NCCO)c1)C1=CC2OC(C3CC3)(C3CC3)OC2C(OC(=O)c2cccc(C=COCCO)c2)C1. The van der Waals surface area contributed by atoms with Crippen LogP contribution >= 0.6 is 0 Å². The minimum Gasteiger partial charge on any atom is -0.499 e. The van der Waals surface area contributed by atoms with E-state index in [4.69, 9.17) is 29.2 Å². The number of rotatable bonds is 14. The molecule has 0 radical (unpaired) electrons. The van der Waals surface area contributed by atoms with Gasteiger partial charge in [-0.25, -0.2) is 4.79 Å². The summed E-state index contributed by atoms with van der Waals surface area (Å²) in [5.41, 5.74) is 2.68. The maximum Gasteiger partial charge on any atom is 0.338 e. The van der Waals surface area contributed by atoms with Crippen molar-refractivity contribution in [2.45, 2.75) is 62.7 Å². The summed E-state index contributed by atoms with van der Waals surface area (Å²) >= 11 is 0. The molecule has 2 aromatic rings. The van der Waals surface area contributed by atoms with Gasteiger partial charge in [-0.05, 0) is 73.2 Å². The number of fused-ring (bicyclic) bond motifs is 1. The first-order valence-corrected chi connectivity index (χ1v) is 15.9. The number of hydrogen-bond donors (Lipinski definition) is 4. The van der Waals surface area contributed by atoms with Gasteiger partial charge in [0.25, 0.3) is 5.91 Å². The molecule has 2 aromatic carbocycles. The summed E-state index contributed by atoms with van der Waals surface area (Å²) in [5.74, 6) is -1.27. The number of nitrogens with one attached hydrogen (secondary N) is 2. The van der Waals surface area contributed by atoms with Crippen molar-refractivity contribution in [3.63, 3.8) is 0 Å². The van der Waals surface area contributed by atoms with Crippen LogP contribution in [0.1, 0.15) is 63.9 Å². The van der Waals surface area contributed by atoms with Gasteiger partial charge in [-0.3, -0.25) is 9.59 Å². The van der Waals surface area contributed by atoms with Crippen LogP contribution in [0.25, 0.3) is 6.08 Å². The topological polar surface area (TPSA) is 153 Å². The lowest BCUT2D eigenvalue weighted by Crippen LogP contribution is -2.44. The molecule has 1 aliphatic heterocycles. The number of hydrogen-bond acceptors (Lipinski definition) is 9. The molecule has 3 aliphatic carbocycles. The lowest BCUT2D eigenvalue weighted by atomic mass is 9.91. The van der Waals surface area contributed by atoms with Crippen molar-refractivity contribution in [2.75, 3.05) is 26.4 Å². The first-order chi connectivity index (χ1) is 22.4. The summed E-state index contributed by atoms with van der Waals surface area (Å²) < 4.78 is 24.6. The van der Waals surface area contributed by atoms with Crippen LogP contribution in [0.3, 0.4) is 0 Å². The molecule has 2 amide bonds. The summed E-state index contributed by atoms with van der Waals surface area (Å²) in [5, 5.41) is 23.4. The lowest BCUT2D eigenvalue weighted by Gasteiger charge is -2.31. The Morgan fingerprint density at radius 3 is 2.41 bits per heavy atom. The third kappa shape index (κ3) is 7.33. The van der Waals surface area contributed by atoms with Gasteiger partial charge >= 0.3 is 5.97 Å². The Balaban J connectivity index is 1.17. The molecule has 11 nitrogen and oxygen atoms in total. The first kappa shape index (κ1) is 31.9. The average Bonchev–Trinajstić information content (AvgIpc) is 4.02. The van der Waals surface area contributed by atoms with Gasteiger partial charge < -0.3 is 39.8 Å². The highest BCUT2D eigenvalue weighted by Crippen LogP contribution is 2.59. The van der Waals surface area contributed by atoms with Crippen LogP contribution in [0.4, 0.5) is 0 Å². The Bertz CT molecular complexity index is 1480. The van der Waals surface area contributed by atoms with Gasteiger partial charge in [0.1, 0.15) is 24.9 Å². The van der Waals surface area contributed by atoms with E-state index in [1.807, 2.05) is 18.2 Å². The van der Waals surface area contributed by atoms with Crippen molar-refractivity contribution in [1.82, 2.24) is 10.6 Å². The summed E-state index contributed by atoms with van der Waals surface area (Å²) in [4.78, 5) is 39.3. The molecule has 0 bridgehead atoms. The molecule has 1 heterocycles. The number of carbonyl (C=O) groups excluding carboxylic acids is 3. The fourth-order valence-electron chi connectivity index (χ4n) is 6.18. The van der Waals surface area contributed by atoms with Gasteiger partial charge in [0.15, 0.2) is 5.79 Å². The molecular weight excluding hydrogens is 592 g/mol. The van der Waals surface area contributed by atoms with Crippen LogP contribution in [0.2, 0.25) is 0 Å². The normalized spacial score (nSPS) is 23.3. The quantitative estimate of drug-likeness (QED) is 0.140. The molecule has 46 heavy (non-hydrogen) atoms. The number of amides is 2. The van der Waals surface area contributed by atoms with E-state index < -0.39 is 30.1 Å². The number of benzene rings is 2. The van der Waals surface area contributed by atoms with E-state index in [0.29, 0.717) is 28.5 Å². The Hall–Kier alpha value is -4.03. The van der Waals surface area contributed by atoms with Crippen LogP contribution < -0.4 is 10.6 Å². The fraction of sp³-hybridized carbons (Fsp3) is 0.457. The zero-order valence-electron chi connectivity index (χ0n) is 25.6. The molecule has 11 heteroatoms. The summed E-state index contributed by atoms with van der Waals surface area (Å²) in [7, 11) is 0. The smallest absolute Gasteiger partial charge is 0.338 e. The minimum absolute atomic E-state index is 0.0959. The van der Waals surface area contributed by atoms with Crippen LogP contribution in [0.15, 0.2) is 66.4 Å². The van der Waals surface area contributed by atoms with Crippen LogP contribution in [0, 0.1) is 11.8 Å². The summed E-state index contributed by atoms with van der Waals surface area (Å²) in [6.45, 7) is 0.258. The van der Waals surface area contributed by atoms with Gasteiger partial charge in [0.05, 0.1) is 25.0 Å². The Labute approximate surface area is 267 Å². The van der Waals surface area contributed by atoms with Crippen molar-refractivity contribution in [2.24, 2.45) is 11.8 Å². The molecule has 4 aliphatic rings. The predicted octanol–water partition coefficient (Wildman–Crippen LogP) is 2.86. The predicted molar refractivity (Wildman–Crippen MR) is 166 cm³/mol. The van der Waals surface area contributed by atoms with E-state index in [0.717, 1.165) is 36.8 Å². The van der Waals surface area contributed by atoms with E-state index in [9.17, 15) is 14.4 Å². The molecular formula is C35H40N2O9. The van der Waals surface area contributed by atoms with Gasteiger partial charge in [-0.15, -0.1) is 0 Å². The molecule has 3 fully saturated rings. The molecule has 4 N–H and O–H groups in total. The second-order valence-electron chi connectivity index (χ2n) is 12.2. The fourth-order valence-corrected chi connectivity index (χ4v) is 6.18. The molecule has 0 spiro atoms. The Morgan fingerprint density at radius 2 is 1.67 bits per heavy atom. The monoisotopic (exact) mass is 632 g/mol. The largest absolute Gasteiger partial charge is 0.499 e. The maximum absolute atomic E-state index is 13.5. The van der Waals surface area contributed by atoms with Gasteiger partial charge in [0.2, 0.25) is 5.91 Å². The number of ether oxygens (including phenoxy) is 4. The minimum atomic E-state index is -0.742. The van der Waals surface area contributed by atoms with Gasteiger partial charge in [0, 0.05) is 42.5 Å². The summed E-state index contributed by atoms with van der Waals surface area (Å²) in [6, 6.07) is 13.8. The standard InChI is InChI=1S/C35H40N2O9/c38-13-12-36-32(40)24-5-2-4-23(18-24)21-37-33(41)26-19-29(31-30(20-26)45-35(46-31,27-7-8-27)28-9-10-28)44-34(42)25-6-1-3-22(17-25)11-15-43-16-14-39/h1-6,11,15,17-18,20,27-31,38-39H,7-10,12-14,16,19,21H2,(H,36,40)(H,37,41). The second kappa shape index (κ2) is 14.2. The van der Waals surface area contributed by atoms with Crippen LogP contribution in [-0.2, 0) is 30.3 Å². The molecule has 1 saturated heterocycles. The summed E-state index contributed by atoms with van der Waals surface area (Å²) in [6.07, 6.45) is 7.41. The first-order valence-electron chi connectivity index (χ1n) is 15.9. The molecule has 6 rings (SSSR count). The Kier molecular flexibility index (Phi) is 9.83. The third-order valence-corrected chi connectivity index (χ3v) is 8.69. The highest BCUT2D eigenvalue weighted by atomic mass is 16.8. The van der Waals surface area contributed by atoms with Crippen molar-refractivity contribution >= 4 is 23.9 Å². The second-order valence-corrected chi connectivity index (χ2v) is 12.2. The molecule has 3 unspecified atom stereocenters. The third-order valence-electron chi connectivity index (χ3n) is 8.69. The Morgan fingerprint density at radius 1 is 0.913 bits per heavy atom. The number of aliphatic hydroxyl groups excluding tert-OH is 2. The molecule has 3 atom stereocenters. The van der Waals surface area contributed by atoms with E-state index in [-0.39, 0.29) is 51.1 Å². The van der Waals surface area contributed by atoms with Gasteiger partial charge in [-0.1, -0.05) is 24.3 Å². The number of carbonyl (C=O) groups is 3. The van der Waals surface area contributed by atoms with E-state index in [1.54, 1.807) is 42.5 Å². The van der Waals surface area contributed by atoms with Crippen molar-refractivity contribution in [1.29, 1.82) is 0 Å². The zero-order chi connectivity index (χ0) is 32.1. The molecule has 244 valence electrons. The van der Waals surface area contributed by atoms with E-state index >= 15 is 0 Å². The average molecular weight is 633 g/mol. The maximum atomic E-state index is 13.5. The van der Waals surface area contributed by atoms with Crippen molar-refractivity contribution in [3.8, 4) is 0 Å². The number of esters is 1. The van der Waals surface area contributed by atoms with Crippen molar-refractivity contribution < 1.29 is 43.5 Å². The van der Waals surface area contributed by atoms with Gasteiger partial charge in [-0.2, -0.15) is 0 Å². The lowest BCUT2D eigenvalue weighted by molar-refractivity contribution is -0.209. The van der Waals surface area contributed by atoms with E-state index in [2.05, 4.69) is 10.6 Å². The van der Waals surface area contributed by atoms with Crippen molar-refractivity contribution in [3.05, 3.63) is 88.7 Å². The van der Waals surface area contributed by atoms with E-state index in [1.165, 1.54) is 6.26 Å². The molecule has 2 saturated carbocycles. The highest BCUT2D eigenvalue weighted by Gasteiger charge is 2.64.